The zero-order chi connectivity index (χ0) is 54.4. The van der Waals surface area contributed by atoms with E-state index in [9.17, 15) is 39.0 Å². The fourth-order valence-electron chi connectivity index (χ4n) is 9.31. The number of carbonyl (C=O) groups excluding carboxylic acids is 2. The Bertz CT molecular complexity index is 4060. The summed E-state index contributed by atoms with van der Waals surface area (Å²) in [6.07, 6.45) is 2.36. The van der Waals surface area contributed by atoms with Crippen LogP contribution >= 0.6 is 62.3 Å². The second-order valence-corrected chi connectivity index (χ2v) is 20.1. The van der Waals surface area contributed by atoms with Gasteiger partial charge >= 0.3 is 11.9 Å². The number of benzene rings is 5. The van der Waals surface area contributed by atoms with Gasteiger partial charge in [0, 0.05) is 64.9 Å². The summed E-state index contributed by atoms with van der Waals surface area (Å²) in [6.45, 7) is 1.83. The number of fused-ring (bicyclic) bond motifs is 3. The van der Waals surface area contributed by atoms with Crippen molar-refractivity contribution in [3.05, 3.63) is 183 Å². The Morgan fingerprint density at radius 2 is 1.28 bits per heavy atom. The van der Waals surface area contributed by atoms with Crippen molar-refractivity contribution in [2.24, 2.45) is 14.1 Å². The van der Waals surface area contributed by atoms with Crippen molar-refractivity contribution >= 4 is 119 Å². The van der Waals surface area contributed by atoms with E-state index in [0.717, 1.165) is 14.5 Å². The van der Waals surface area contributed by atoms with E-state index in [1.54, 1.807) is 61.6 Å². The molecule has 2 amide bonds. The average molecular weight is 1160 g/mol. The predicted molar refractivity (Wildman–Crippen MR) is 296 cm³/mol. The van der Waals surface area contributed by atoms with E-state index in [0.29, 0.717) is 55.2 Å². The minimum atomic E-state index is -1.55. The highest BCUT2D eigenvalue weighted by Gasteiger charge is 2.30. The van der Waals surface area contributed by atoms with Crippen molar-refractivity contribution in [1.82, 2.24) is 34.9 Å². The molecule has 2 atom stereocenters. The highest BCUT2D eigenvalue weighted by molar-refractivity contribution is 9.10. The molecule has 0 fully saturated rings. The standard InChI is InChI=1S/C55H40BrCl4N7O9/c1-25-34-23-28(56)12-19-41(34)66(2)52(70)43(25)29-13-11-27(22-40(55(74)75)64-50(68)45-35(57)8-5-9-36(45)58)49-32(29)16-18-38(63-49)33-15-17-37(59)46(47(33)60)51(69)65-39(54(72)73)21-26-10-14-30(31-7-6-20-61-48(26)31)44-42(76-4)24-62-67(3)53(44)71/h5-20,23-24,39-40H,21-22H2,1-4H3,(H,64,68)(H,65,69)(H,72,73)(H,74,75)/t39-,40-/m0/s1. The van der Waals surface area contributed by atoms with Crippen LogP contribution in [-0.2, 0) is 36.5 Å². The molecule has 4 aromatic heterocycles. The van der Waals surface area contributed by atoms with Crippen LogP contribution in [0.25, 0.3) is 66.2 Å². The van der Waals surface area contributed by atoms with Gasteiger partial charge in [-0.25, -0.2) is 19.3 Å². The molecule has 5 aromatic carbocycles. The first kappa shape index (κ1) is 53.2. The summed E-state index contributed by atoms with van der Waals surface area (Å²) >= 11 is 30.0. The SMILES string of the molecule is COc1cnn(C)c(=O)c1-c1ccc(C[C@H](NC(=O)c2c(Cl)ccc(-c3ccc4c(-c5c(C)c6cc(Br)ccc6n(C)c5=O)ccc(C[C@H](NC(=O)c5c(Cl)cccc5Cl)C(=O)O)c4n3)c2Cl)C(=O)O)c2ncccc12. The number of carbonyl (C=O) groups is 4. The van der Waals surface area contributed by atoms with Crippen molar-refractivity contribution < 1.29 is 34.1 Å². The molecule has 16 nitrogen and oxygen atoms in total. The minimum absolute atomic E-state index is 0.00998. The van der Waals surface area contributed by atoms with Crippen molar-refractivity contribution in [2.45, 2.75) is 31.8 Å². The Balaban J connectivity index is 1.12. The van der Waals surface area contributed by atoms with E-state index in [1.165, 1.54) is 55.4 Å². The first-order chi connectivity index (χ1) is 36.3. The molecule has 0 radical (unpaired) electrons. The maximum Gasteiger partial charge on any atom is 0.326 e. The summed E-state index contributed by atoms with van der Waals surface area (Å²) in [4.78, 5) is 91.0. The van der Waals surface area contributed by atoms with Gasteiger partial charge in [-0.2, -0.15) is 5.10 Å². The number of pyridine rings is 3. The molecule has 0 unspecified atom stereocenters. The van der Waals surface area contributed by atoms with Gasteiger partial charge in [0.25, 0.3) is 22.9 Å². The molecule has 9 aromatic rings. The van der Waals surface area contributed by atoms with Gasteiger partial charge in [0.05, 0.1) is 77.9 Å². The number of amides is 2. The van der Waals surface area contributed by atoms with Gasteiger partial charge in [0.15, 0.2) is 5.75 Å². The molecular formula is C55H40BrCl4N7O9. The number of ether oxygens (including phenoxy) is 1. The Hall–Kier alpha value is -7.67. The molecular weight excluding hydrogens is 1120 g/mol. The number of carboxylic acids is 2. The monoisotopic (exact) mass is 1160 g/mol. The maximum absolute atomic E-state index is 14.3. The molecule has 76 heavy (non-hydrogen) atoms. The third-order valence-electron chi connectivity index (χ3n) is 13.1. The zero-order valence-corrected chi connectivity index (χ0v) is 44.9. The predicted octanol–water partition coefficient (Wildman–Crippen LogP) is 10.3. The van der Waals surface area contributed by atoms with Gasteiger partial charge in [-0.05, 0) is 83.8 Å². The fourth-order valence-corrected chi connectivity index (χ4v) is 10.9. The maximum atomic E-state index is 14.3. The minimum Gasteiger partial charge on any atom is -0.494 e. The van der Waals surface area contributed by atoms with E-state index in [-0.39, 0.29) is 77.7 Å². The van der Waals surface area contributed by atoms with Crippen LogP contribution in [0.5, 0.6) is 5.75 Å². The first-order valence-corrected chi connectivity index (χ1v) is 25.3. The normalized spacial score (nSPS) is 12.2. The lowest BCUT2D eigenvalue weighted by atomic mass is 9.91. The van der Waals surface area contributed by atoms with Crippen molar-refractivity contribution in [3.63, 3.8) is 0 Å². The lowest BCUT2D eigenvalue weighted by Crippen LogP contribution is -2.42. The second-order valence-electron chi connectivity index (χ2n) is 17.6. The third kappa shape index (κ3) is 9.87. The quantitative estimate of drug-likeness (QED) is 0.0798. The van der Waals surface area contributed by atoms with E-state index in [2.05, 4.69) is 36.6 Å². The molecule has 21 heteroatoms. The van der Waals surface area contributed by atoms with Crippen LogP contribution < -0.4 is 26.5 Å². The first-order valence-electron chi connectivity index (χ1n) is 23.0. The number of aryl methyl sites for hydroxylation is 3. The number of aromatic nitrogens is 5. The molecule has 9 rings (SSSR count). The van der Waals surface area contributed by atoms with Gasteiger partial charge < -0.3 is 30.2 Å². The van der Waals surface area contributed by atoms with Gasteiger partial charge in [-0.3, -0.25) is 24.2 Å². The van der Waals surface area contributed by atoms with E-state index in [4.69, 9.17) is 56.1 Å². The summed E-state index contributed by atoms with van der Waals surface area (Å²) in [7, 11) is 4.58. The summed E-state index contributed by atoms with van der Waals surface area (Å²) in [5.41, 5.74) is 3.47. The molecule has 384 valence electrons. The average Bonchev–Trinajstić information content (AvgIpc) is 3.42. The van der Waals surface area contributed by atoms with Gasteiger partial charge in [0.1, 0.15) is 12.1 Å². The zero-order valence-electron chi connectivity index (χ0n) is 40.3. The van der Waals surface area contributed by atoms with Crippen LogP contribution in [0, 0.1) is 6.92 Å². The number of hydrogen-bond acceptors (Lipinski definition) is 10. The Morgan fingerprint density at radius 3 is 1.92 bits per heavy atom. The van der Waals surface area contributed by atoms with Crippen LogP contribution in [0.1, 0.15) is 37.4 Å². The van der Waals surface area contributed by atoms with E-state index < -0.39 is 41.4 Å². The number of carboxylic acid groups (broad SMARTS) is 2. The summed E-state index contributed by atoms with van der Waals surface area (Å²) in [6, 6.07) is 23.1. The van der Waals surface area contributed by atoms with Crippen LogP contribution in [0.2, 0.25) is 20.1 Å². The lowest BCUT2D eigenvalue weighted by molar-refractivity contribution is -0.140. The molecule has 0 aliphatic heterocycles. The van der Waals surface area contributed by atoms with Crippen molar-refractivity contribution in [3.8, 4) is 39.3 Å². The number of rotatable bonds is 14. The molecule has 0 spiro atoms. The molecule has 0 saturated heterocycles. The fraction of sp³-hybridized carbons (Fsp3) is 0.145. The topological polar surface area (TPSA) is 225 Å². The number of nitrogens with zero attached hydrogens (tertiary/aromatic N) is 5. The Kier molecular flexibility index (Phi) is 15.1. The van der Waals surface area contributed by atoms with Crippen LogP contribution in [0.4, 0.5) is 0 Å². The smallest absolute Gasteiger partial charge is 0.326 e. The van der Waals surface area contributed by atoms with E-state index >= 15 is 0 Å². The highest BCUT2D eigenvalue weighted by atomic mass is 79.9. The largest absolute Gasteiger partial charge is 0.494 e. The van der Waals surface area contributed by atoms with Crippen molar-refractivity contribution in [2.75, 3.05) is 7.11 Å². The number of aliphatic carboxylic acids is 2. The third-order valence-corrected chi connectivity index (χ3v) is 14.9. The summed E-state index contributed by atoms with van der Waals surface area (Å²) in [5, 5.41) is 31.7. The molecule has 0 aliphatic carbocycles. The Labute approximate surface area is 459 Å². The lowest BCUT2D eigenvalue weighted by Gasteiger charge is -2.20. The molecule has 0 aliphatic rings. The molecule has 4 N–H and O–H groups in total. The molecule has 4 heterocycles. The van der Waals surface area contributed by atoms with Gasteiger partial charge in [-0.15, -0.1) is 0 Å². The van der Waals surface area contributed by atoms with Gasteiger partial charge in [0.2, 0.25) is 0 Å². The molecule has 0 saturated carbocycles. The van der Waals surface area contributed by atoms with Gasteiger partial charge in [-0.1, -0.05) is 105 Å². The number of hydrogen-bond donors (Lipinski definition) is 4. The number of methoxy groups -OCH3 is 1. The van der Waals surface area contributed by atoms with Crippen molar-refractivity contribution in [1.29, 1.82) is 0 Å². The molecule has 0 bridgehead atoms. The summed E-state index contributed by atoms with van der Waals surface area (Å²) < 4.78 is 8.97. The summed E-state index contributed by atoms with van der Waals surface area (Å²) in [5.74, 6) is -4.31. The number of nitrogens with one attached hydrogen (secondary N) is 2. The number of halogens is 5. The second kappa shape index (κ2) is 21.5. The van der Waals surface area contributed by atoms with Crippen LogP contribution in [0.3, 0.4) is 0 Å². The van der Waals surface area contributed by atoms with Crippen LogP contribution in [-0.4, -0.2) is 77.5 Å². The van der Waals surface area contributed by atoms with Crippen LogP contribution in [0.15, 0.2) is 124 Å². The Morgan fingerprint density at radius 1 is 0.684 bits per heavy atom. The van der Waals surface area contributed by atoms with E-state index in [1.807, 2.05) is 25.1 Å². The highest BCUT2D eigenvalue weighted by Crippen LogP contribution is 2.39.